The third kappa shape index (κ3) is 2.28. The largest absolute Gasteiger partial charge is 0.506 e. The minimum absolute atomic E-state index is 0.387. The van der Waals surface area contributed by atoms with Crippen LogP contribution in [0.4, 0.5) is 0 Å². The van der Waals surface area contributed by atoms with Crippen LogP contribution in [-0.2, 0) is 6.42 Å². The van der Waals surface area contributed by atoms with Gasteiger partial charge in [-0.05, 0) is 66.5 Å². The predicted molar refractivity (Wildman–Crippen MR) is 62.9 cm³/mol. The minimum Gasteiger partial charge on any atom is -0.506 e. The molecule has 3 heteroatoms. The average Bonchev–Trinajstić information content (AvgIpc) is 2.14. The quantitative estimate of drug-likeness (QED) is 0.873. The molecule has 0 saturated carbocycles. The van der Waals surface area contributed by atoms with Crippen LogP contribution in [0.15, 0.2) is 10.5 Å². The van der Waals surface area contributed by atoms with Gasteiger partial charge in [0, 0.05) is 0 Å². The maximum Gasteiger partial charge on any atom is 0.133 e. The summed E-state index contributed by atoms with van der Waals surface area (Å²) in [6, 6.07) is 2.09. The first-order valence-corrected chi connectivity index (χ1v) is 5.49. The molecule has 0 atom stereocenters. The molecule has 0 spiro atoms. The van der Waals surface area contributed by atoms with Crippen molar-refractivity contribution in [3.05, 3.63) is 27.2 Å². The summed E-state index contributed by atoms with van der Waals surface area (Å²) in [5.74, 6) is 0.387. The lowest BCUT2D eigenvalue weighted by Gasteiger charge is -2.12. The molecule has 0 aliphatic rings. The smallest absolute Gasteiger partial charge is 0.133 e. The van der Waals surface area contributed by atoms with Gasteiger partial charge in [0.2, 0.25) is 0 Å². The molecule has 2 N–H and O–H groups in total. The normalized spacial score (nSPS) is 10.6. The first-order chi connectivity index (χ1) is 6.57. The zero-order chi connectivity index (χ0) is 10.7. The van der Waals surface area contributed by atoms with Crippen molar-refractivity contribution in [1.29, 1.82) is 0 Å². The number of rotatable bonds is 3. The summed E-state index contributed by atoms with van der Waals surface area (Å²) in [4.78, 5) is 0. The molecule has 1 aromatic carbocycles. The number of likely N-dealkylation sites (N-methyl/N-ethyl adjacent to an activating group) is 1. The highest BCUT2D eigenvalue weighted by Crippen LogP contribution is 2.33. The van der Waals surface area contributed by atoms with E-state index < -0.39 is 0 Å². The molecule has 0 radical (unpaired) electrons. The number of aromatic hydroxyl groups is 1. The highest BCUT2D eigenvalue weighted by Gasteiger charge is 2.10. The van der Waals surface area contributed by atoms with Gasteiger partial charge in [-0.1, -0.05) is 6.07 Å². The van der Waals surface area contributed by atoms with Gasteiger partial charge in [-0.2, -0.15) is 0 Å². The number of hydrogen-bond acceptors (Lipinski definition) is 2. The summed E-state index contributed by atoms with van der Waals surface area (Å²) in [7, 11) is 1.91. The molecule has 14 heavy (non-hydrogen) atoms. The monoisotopic (exact) mass is 257 g/mol. The van der Waals surface area contributed by atoms with Gasteiger partial charge in [-0.3, -0.25) is 0 Å². The molecule has 0 heterocycles. The van der Waals surface area contributed by atoms with Crippen LogP contribution in [0, 0.1) is 13.8 Å². The molecule has 0 unspecified atom stereocenters. The third-order valence-corrected chi connectivity index (χ3v) is 3.37. The molecular formula is C11H16BrNO. The second-order valence-corrected chi connectivity index (χ2v) is 4.30. The summed E-state index contributed by atoms with van der Waals surface area (Å²) < 4.78 is 0.814. The Morgan fingerprint density at radius 2 is 2.00 bits per heavy atom. The van der Waals surface area contributed by atoms with Gasteiger partial charge in [0.15, 0.2) is 0 Å². The molecule has 0 aliphatic heterocycles. The fourth-order valence-corrected chi connectivity index (χ4v) is 1.90. The molecule has 0 amide bonds. The van der Waals surface area contributed by atoms with E-state index in [1.54, 1.807) is 0 Å². The molecule has 78 valence electrons. The number of nitrogens with one attached hydrogen (secondary N) is 1. The Hall–Kier alpha value is -0.540. The van der Waals surface area contributed by atoms with Crippen LogP contribution in [0.5, 0.6) is 5.75 Å². The van der Waals surface area contributed by atoms with Crippen LogP contribution in [0.25, 0.3) is 0 Å². The summed E-state index contributed by atoms with van der Waals surface area (Å²) >= 11 is 3.39. The van der Waals surface area contributed by atoms with Crippen LogP contribution >= 0.6 is 15.9 Å². The average molecular weight is 258 g/mol. The van der Waals surface area contributed by atoms with Crippen molar-refractivity contribution < 1.29 is 5.11 Å². The Morgan fingerprint density at radius 1 is 1.36 bits per heavy atom. The second-order valence-electron chi connectivity index (χ2n) is 3.51. The van der Waals surface area contributed by atoms with Crippen molar-refractivity contribution in [3.8, 4) is 5.75 Å². The fourth-order valence-electron chi connectivity index (χ4n) is 1.55. The van der Waals surface area contributed by atoms with Gasteiger partial charge < -0.3 is 10.4 Å². The van der Waals surface area contributed by atoms with E-state index >= 15 is 0 Å². The molecule has 0 aromatic heterocycles. The number of hydrogen-bond donors (Lipinski definition) is 2. The molecular weight excluding hydrogens is 242 g/mol. The van der Waals surface area contributed by atoms with E-state index in [0.717, 1.165) is 34.1 Å². The molecule has 1 aromatic rings. The lowest BCUT2D eigenvalue weighted by atomic mass is 10.0. The molecule has 0 fully saturated rings. The van der Waals surface area contributed by atoms with Crippen molar-refractivity contribution in [2.75, 3.05) is 13.6 Å². The Kier molecular flexibility index (Phi) is 3.96. The Labute approximate surface area is 93.5 Å². The zero-order valence-electron chi connectivity index (χ0n) is 8.82. The van der Waals surface area contributed by atoms with Crippen LogP contribution in [-0.4, -0.2) is 18.7 Å². The van der Waals surface area contributed by atoms with Crippen molar-refractivity contribution in [3.63, 3.8) is 0 Å². The van der Waals surface area contributed by atoms with E-state index in [9.17, 15) is 5.11 Å². The van der Waals surface area contributed by atoms with Crippen LogP contribution in [0.3, 0.4) is 0 Å². The molecule has 1 rings (SSSR count). The van der Waals surface area contributed by atoms with Crippen LogP contribution in [0.1, 0.15) is 16.7 Å². The number of phenols is 1. The van der Waals surface area contributed by atoms with Crippen molar-refractivity contribution >= 4 is 15.9 Å². The Balaban J connectivity index is 3.09. The fraction of sp³-hybridized carbons (Fsp3) is 0.455. The molecule has 0 bridgehead atoms. The zero-order valence-corrected chi connectivity index (χ0v) is 10.4. The summed E-state index contributed by atoms with van der Waals surface area (Å²) in [6.07, 6.45) is 0.854. The van der Waals surface area contributed by atoms with E-state index in [2.05, 4.69) is 27.3 Å². The molecule has 2 nitrogen and oxygen atoms in total. The van der Waals surface area contributed by atoms with E-state index in [4.69, 9.17) is 0 Å². The van der Waals surface area contributed by atoms with E-state index in [0.29, 0.717) is 5.75 Å². The van der Waals surface area contributed by atoms with Gasteiger partial charge in [0.1, 0.15) is 5.75 Å². The lowest BCUT2D eigenvalue weighted by molar-refractivity contribution is 0.462. The summed E-state index contributed by atoms with van der Waals surface area (Å²) in [6.45, 7) is 4.90. The number of halogens is 1. The second kappa shape index (κ2) is 4.80. The first-order valence-electron chi connectivity index (χ1n) is 4.70. The van der Waals surface area contributed by atoms with Gasteiger partial charge in [-0.15, -0.1) is 0 Å². The SMILES string of the molecule is CNCCc1c(C)cc(C)c(Br)c1O. The Morgan fingerprint density at radius 3 is 2.57 bits per heavy atom. The maximum atomic E-state index is 9.91. The van der Waals surface area contributed by atoms with Crippen molar-refractivity contribution in [1.82, 2.24) is 5.32 Å². The summed E-state index contributed by atoms with van der Waals surface area (Å²) in [5, 5.41) is 13.0. The third-order valence-electron chi connectivity index (χ3n) is 2.37. The van der Waals surface area contributed by atoms with Gasteiger partial charge in [0.05, 0.1) is 4.47 Å². The summed E-state index contributed by atoms with van der Waals surface area (Å²) in [5.41, 5.74) is 3.25. The van der Waals surface area contributed by atoms with E-state index in [1.807, 2.05) is 20.9 Å². The van der Waals surface area contributed by atoms with Gasteiger partial charge in [-0.25, -0.2) is 0 Å². The van der Waals surface area contributed by atoms with Crippen molar-refractivity contribution in [2.24, 2.45) is 0 Å². The van der Waals surface area contributed by atoms with E-state index in [1.165, 1.54) is 0 Å². The van der Waals surface area contributed by atoms with Crippen LogP contribution in [0.2, 0.25) is 0 Å². The predicted octanol–water partition coefficient (Wildman–Crippen LogP) is 2.53. The highest BCUT2D eigenvalue weighted by atomic mass is 79.9. The maximum absolute atomic E-state index is 9.91. The Bertz CT molecular complexity index is 337. The molecule has 0 saturated heterocycles. The minimum atomic E-state index is 0.387. The number of phenolic OH excluding ortho intramolecular Hbond substituents is 1. The topological polar surface area (TPSA) is 32.3 Å². The van der Waals surface area contributed by atoms with Crippen LogP contribution < -0.4 is 5.32 Å². The van der Waals surface area contributed by atoms with Crippen molar-refractivity contribution in [2.45, 2.75) is 20.3 Å². The van der Waals surface area contributed by atoms with E-state index in [-0.39, 0.29) is 0 Å². The lowest BCUT2D eigenvalue weighted by Crippen LogP contribution is -2.11. The highest BCUT2D eigenvalue weighted by molar-refractivity contribution is 9.10. The number of benzene rings is 1. The standard InChI is InChI=1S/C11H16BrNO/c1-7-6-8(2)10(12)11(14)9(7)4-5-13-3/h6,13-14H,4-5H2,1-3H3. The van der Waals surface area contributed by atoms with Gasteiger partial charge >= 0.3 is 0 Å². The number of aryl methyl sites for hydroxylation is 2. The first kappa shape index (κ1) is 11.5. The van der Waals surface area contributed by atoms with Gasteiger partial charge in [0.25, 0.3) is 0 Å². The molecule has 0 aliphatic carbocycles.